The van der Waals surface area contributed by atoms with Crippen molar-refractivity contribution in [3.8, 4) is 0 Å². The van der Waals surface area contributed by atoms with Gasteiger partial charge in [0.2, 0.25) is 0 Å². The molecule has 0 aromatic heterocycles. The third kappa shape index (κ3) is 3.47. The van der Waals surface area contributed by atoms with Crippen LogP contribution in [0.3, 0.4) is 0 Å². The first-order chi connectivity index (χ1) is 9.33. The molecule has 0 spiro atoms. The largest absolute Gasteiger partial charge is 0.507 e. The van der Waals surface area contributed by atoms with E-state index in [-0.39, 0.29) is 11.8 Å². The van der Waals surface area contributed by atoms with Gasteiger partial charge in [0.25, 0.3) is 0 Å². The average Bonchev–Trinajstić information content (AvgIpc) is 2.47. The lowest BCUT2D eigenvalue weighted by Gasteiger charge is -2.28. The Morgan fingerprint density at radius 2 is 2.00 bits per heavy atom. The van der Waals surface area contributed by atoms with Gasteiger partial charge in [0, 0.05) is 5.92 Å². The fourth-order valence-corrected chi connectivity index (χ4v) is 2.48. The van der Waals surface area contributed by atoms with Gasteiger partial charge in [0.15, 0.2) is 0 Å². The summed E-state index contributed by atoms with van der Waals surface area (Å²) in [4.78, 5) is 0. The number of aliphatic hydroxyl groups is 2. The Bertz CT molecular complexity index is 507. The minimum Gasteiger partial charge on any atom is -0.507 e. The molecular weight excluding hydrogens is 236 g/mol. The van der Waals surface area contributed by atoms with E-state index in [2.05, 4.69) is 17.9 Å². The number of aliphatic hydroxyl groups excluding tert-OH is 2. The fraction of sp³-hybridized carbons (Fsp3) is 0.235. The second kappa shape index (κ2) is 6.79. The molecule has 2 unspecified atom stereocenters. The van der Waals surface area contributed by atoms with Gasteiger partial charge in [-0.15, -0.1) is 0 Å². The van der Waals surface area contributed by atoms with Gasteiger partial charge in [-0.2, -0.15) is 0 Å². The zero-order valence-corrected chi connectivity index (χ0v) is 10.7. The van der Waals surface area contributed by atoms with Gasteiger partial charge in [-0.3, -0.25) is 0 Å². The molecule has 19 heavy (non-hydrogen) atoms. The van der Waals surface area contributed by atoms with Crippen LogP contribution in [0.2, 0.25) is 0 Å². The van der Waals surface area contributed by atoms with Crippen molar-refractivity contribution in [2.75, 3.05) is 0 Å². The highest BCUT2D eigenvalue weighted by molar-refractivity contribution is 5.27. The molecular formula is C17H18O2. The van der Waals surface area contributed by atoms with Gasteiger partial charge in [-0.25, -0.2) is 0 Å². The van der Waals surface area contributed by atoms with Gasteiger partial charge in [-0.1, -0.05) is 60.4 Å². The Balaban J connectivity index is 2.30. The second-order valence-electron chi connectivity index (χ2n) is 4.60. The number of allylic oxidation sites excluding steroid dienone is 4. The molecule has 2 N–H and O–H groups in total. The molecule has 0 saturated heterocycles. The van der Waals surface area contributed by atoms with Crippen molar-refractivity contribution in [3.63, 3.8) is 0 Å². The lowest BCUT2D eigenvalue weighted by Crippen LogP contribution is -2.23. The van der Waals surface area contributed by atoms with Crippen LogP contribution in [-0.4, -0.2) is 16.3 Å². The van der Waals surface area contributed by atoms with E-state index in [1.54, 1.807) is 0 Å². The summed E-state index contributed by atoms with van der Waals surface area (Å²) in [5, 5.41) is 19.0. The molecule has 3 atom stereocenters. The maximum absolute atomic E-state index is 10.3. The number of benzene rings is 1. The molecule has 1 aliphatic carbocycles. The van der Waals surface area contributed by atoms with Crippen molar-refractivity contribution in [1.82, 2.24) is 0 Å². The van der Waals surface area contributed by atoms with Gasteiger partial charge >= 0.3 is 0 Å². The molecule has 98 valence electrons. The molecule has 0 aliphatic heterocycles. The van der Waals surface area contributed by atoms with E-state index in [4.69, 9.17) is 5.11 Å². The Morgan fingerprint density at radius 3 is 2.63 bits per heavy atom. The molecule has 0 saturated carbocycles. The lowest BCUT2D eigenvalue weighted by molar-refractivity contribution is 0.168. The highest BCUT2D eigenvalue weighted by Crippen LogP contribution is 2.33. The molecule has 2 rings (SSSR count). The van der Waals surface area contributed by atoms with E-state index in [9.17, 15) is 5.11 Å². The first-order valence-corrected chi connectivity index (χ1v) is 6.44. The highest BCUT2D eigenvalue weighted by Gasteiger charge is 2.26. The summed E-state index contributed by atoms with van der Waals surface area (Å²) in [6, 6.07) is 9.96. The molecule has 0 heterocycles. The van der Waals surface area contributed by atoms with Crippen LogP contribution in [0.15, 0.2) is 72.7 Å². The fourth-order valence-electron chi connectivity index (χ4n) is 2.48. The van der Waals surface area contributed by atoms with E-state index < -0.39 is 6.10 Å². The maximum Gasteiger partial charge on any atom is 0.121 e. The topological polar surface area (TPSA) is 40.5 Å². The summed E-state index contributed by atoms with van der Waals surface area (Å²) in [5.41, 5.74) is 3.64. The van der Waals surface area contributed by atoms with Crippen LogP contribution in [0.4, 0.5) is 0 Å². The average molecular weight is 254 g/mol. The first kappa shape index (κ1) is 13.4. The number of hydrogen-bond acceptors (Lipinski definition) is 2. The quantitative estimate of drug-likeness (QED) is 0.638. The van der Waals surface area contributed by atoms with Gasteiger partial charge < -0.3 is 10.2 Å². The third-order valence-electron chi connectivity index (χ3n) is 3.37. The van der Waals surface area contributed by atoms with Crippen LogP contribution in [0, 0.1) is 5.92 Å². The van der Waals surface area contributed by atoms with E-state index >= 15 is 0 Å². The zero-order valence-electron chi connectivity index (χ0n) is 10.7. The van der Waals surface area contributed by atoms with Crippen LogP contribution in [0.5, 0.6) is 0 Å². The minimum atomic E-state index is -0.674. The summed E-state index contributed by atoms with van der Waals surface area (Å²) >= 11 is 0. The van der Waals surface area contributed by atoms with Crippen molar-refractivity contribution in [1.29, 1.82) is 0 Å². The maximum atomic E-state index is 10.3. The van der Waals surface area contributed by atoms with E-state index in [1.807, 2.05) is 42.5 Å². The smallest absolute Gasteiger partial charge is 0.121 e. The second-order valence-corrected chi connectivity index (χ2v) is 4.60. The van der Waals surface area contributed by atoms with Crippen LogP contribution in [0.1, 0.15) is 17.9 Å². The van der Waals surface area contributed by atoms with E-state index in [0.29, 0.717) is 0 Å². The summed E-state index contributed by atoms with van der Waals surface area (Å²) < 4.78 is 0. The van der Waals surface area contributed by atoms with Crippen LogP contribution >= 0.6 is 0 Å². The Morgan fingerprint density at radius 1 is 1.21 bits per heavy atom. The van der Waals surface area contributed by atoms with Gasteiger partial charge in [0.1, 0.15) is 6.26 Å². The SMILES string of the molecule is OC=C=C[C@H](O)C(c1ccccc1)C1C=CC=CC1. The minimum absolute atomic E-state index is 0.0325. The molecule has 1 aliphatic rings. The summed E-state index contributed by atoms with van der Waals surface area (Å²) in [6.45, 7) is 0. The molecule has 1 aromatic rings. The van der Waals surface area contributed by atoms with Crippen LogP contribution in [0.25, 0.3) is 0 Å². The third-order valence-corrected chi connectivity index (χ3v) is 3.37. The number of rotatable bonds is 4. The van der Waals surface area contributed by atoms with Crippen molar-refractivity contribution in [3.05, 3.63) is 78.3 Å². The normalized spacial score (nSPS) is 20.4. The Labute approximate surface area is 113 Å². The van der Waals surface area contributed by atoms with Gasteiger partial charge in [-0.05, 0) is 24.0 Å². The predicted molar refractivity (Wildman–Crippen MR) is 76.9 cm³/mol. The molecule has 0 fully saturated rings. The van der Waals surface area contributed by atoms with Crippen molar-refractivity contribution < 1.29 is 10.2 Å². The van der Waals surface area contributed by atoms with Crippen molar-refractivity contribution in [2.45, 2.75) is 18.4 Å². The highest BCUT2D eigenvalue weighted by atomic mass is 16.3. The Kier molecular flexibility index (Phi) is 4.79. The zero-order chi connectivity index (χ0) is 13.5. The van der Waals surface area contributed by atoms with Crippen LogP contribution < -0.4 is 0 Å². The summed E-state index contributed by atoms with van der Waals surface area (Å²) in [7, 11) is 0. The molecule has 0 radical (unpaired) electrons. The molecule has 0 bridgehead atoms. The summed E-state index contributed by atoms with van der Waals surface area (Å²) in [6.07, 6.45) is 10.8. The van der Waals surface area contributed by atoms with Crippen LogP contribution in [-0.2, 0) is 0 Å². The summed E-state index contributed by atoms with van der Waals surface area (Å²) in [5.74, 6) is 0.217. The van der Waals surface area contributed by atoms with Gasteiger partial charge in [0.05, 0.1) is 6.10 Å². The monoisotopic (exact) mass is 254 g/mol. The van der Waals surface area contributed by atoms with Crippen molar-refractivity contribution >= 4 is 0 Å². The molecule has 0 amide bonds. The molecule has 2 heteroatoms. The lowest BCUT2D eigenvalue weighted by atomic mass is 9.78. The first-order valence-electron chi connectivity index (χ1n) is 6.44. The molecule has 2 nitrogen and oxygen atoms in total. The van der Waals surface area contributed by atoms with E-state index in [1.165, 1.54) is 6.08 Å². The molecule has 1 aromatic carbocycles. The standard InChI is InChI=1S/C17H18O2/c18-13-7-12-16(19)17(14-8-3-1-4-9-14)15-10-5-2-6-11-15/h1-6,8-10,12-13,15-19H,11H2/t7?,15?,16-,17?/m0/s1. The van der Waals surface area contributed by atoms with Crippen molar-refractivity contribution in [2.24, 2.45) is 5.92 Å². The Hall–Kier alpha value is -2.02. The van der Waals surface area contributed by atoms with E-state index in [0.717, 1.165) is 18.2 Å². The number of hydrogen-bond donors (Lipinski definition) is 2. The predicted octanol–water partition coefficient (Wildman–Crippen LogP) is 3.49.